The number of likely N-dealkylation sites (N-methyl/N-ethyl adjacent to an activating group) is 1. The third-order valence-corrected chi connectivity index (χ3v) is 8.37. The summed E-state index contributed by atoms with van der Waals surface area (Å²) in [4.78, 5) is 37.0. The Morgan fingerprint density at radius 3 is 1.49 bits per heavy atom. The molecule has 0 radical (unpaired) electrons. The molecule has 0 aliphatic heterocycles. The maximum atomic E-state index is 12.7. The first kappa shape index (κ1) is 53.2. The zero-order chi connectivity index (χ0) is 42.1. The lowest BCUT2D eigenvalue weighted by Crippen LogP contribution is -2.40. The van der Waals surface area contributed by atoms with Crippen LogP contribution in [0.5, 0.6) is 0 Å². The van der Waals surface area contributed by atoms with Gasteiger partial charge >= 0.3 is 17.9 Å². The second kappa shape index (κ2) is 39.1. The lowest BCUT2D eigenvalue weighted by atomic mass is 10.1. The first-order chi connectivity index (χ1) is 27.6. The van der Waals surface area contributed by atoms with Gasteiger partial charge in [0.25, 0.3) is 6.29 Å². The molecule has 2 unspecified atom stereocenters. The highest BCUT2D eigenvalue weighted by Gasteiger charge is 2.24. The van der Waals surface area contributed by atoms with Crippen molar-refractivity contribution in [3.05, 3.63) is 97.2 Å². The van der Waals surface area contributed by atoms with Gasteiger partial charge in [-0.3, -0.25) is 9.59 Å². The molecule has 0 aromatic rings. The summed E-state index contributed by atoms with van der Waals surface area (Å²) >= 11 is 0. The van der Waals surface area contributed by atoms with Crippen LogP contribution in [0.25, 0.3) is 0 Å². The van der Waals surface area contributed by atoms with Crippen molar-refractivity contribution in [2.75, 3.05) is 47.5 Å². The average Bonchev–Trinajstić information content (AvgIpc) is 3.17. The van der Waals surface area contributed by atoms with Crippen LogP contribution in [-0.2, 0) is 33.3 Å². The van der Waals surface area contributed by atoms with Crippen LogP contribution in [0.3, 0.4) is 0 Å². The van der Waals surface area contributed by atoms with Gasteiger partial charge in [0.05, 0.1) is 40.8 Å². The smallest absolute Gasteiger partial charge is 0.361 e. The molecule has 322 valence electrons. The van der Waals surface area contributed by atoms with Crippen LogP contribution < -0.4 is 0 Å². The fraction of sp³-hybridized carbons (Fsp3) is 0.604. The molecular formula is C48H78NO8+. The van der Waals surface area contributed by atoms with Gasteiger partial charge in [-0.1, -0.05) is 143 Å². The summed E-state index contributed by atoms with van der Waals surface area (Å²) in [5, 5.41) is 9.62. The number of nitrogens with zero attached hydrogens (tertiary/aromatic N) is 1. The SMILES string of the molecule is CC/C=C\C/C=C\C/C=C\C/C=C\C/C=C\CC(=O)OC(COC(=O)CCCCCCCCC/C=C\C/C=C\C/C=C\CC)COC(OCC[N+](C)(C)C)C(=O)O. The summed E-state index contributed by atoms with van der Waals surface area (Å²) in [7, 11) is 5.91. The third kappa shape index (κ3) is 40.2. The van der Waals surface area contributed by atoms with Crippen molar-refractivity contribution < 1.29 is 42.9 Å². The van der Waals surface area contributed by atoms with Gasteiger partial charge in [-0.05, 0) is 70.6 Å². The van der Waals surface area contributed by atoms with Crippen LogP contribution in [0.1, 0.15) is 129 Å². The molecular weight excluding hydrogens is 719 g/mol. The number of unbranched alkanes of at least 4 members (excludes halogenated alkanes) is 7. The molecule has 9 heteroatoms. The number of quaternary nitrogens is 1. The largest absolute Gasteiger partial charge is 0.477 e. The van der Waals surface area contributed by atoms with Crippen molar-refractivity contribution in [2.24, 2.45) is 0 Å². The number of allylic oxidation sites excluding steroid dienone is 15. The van der Waals surface area contributed by atoms with E-state index in [2.05, 4.69) is 92.8 Å². The highest BCUT2D eigenvalue weighted by atomic mass is 16.7. The third-order valence-electron chi connectivity index (χ3n) is 8.37. The number of aliphatic carboxylic acids is 1. The van der Waals surface area contributed by atoms with Crippen LogP contribution in [0.15, 0.2) is 97.2 Å². The maximum Gasteiger partial charge on any atom is 0.361 e. The normalized spacial score (nSPS) is 13.9. The lowest BCUT2D eigenvalue weighted by molar-refractivity contribution is -0.870. The van der Waals surface area contributed by atoms with E-state index < -0.39 is 24.3 Å². The molecule has 9 nitrogen and oxygen atoms in total. The predicted octanol–water partition coefficient (Wildman–Crippen LogP) is 11.1. The minimum atomic E-state index is -1.54. The standard InChI is InChI=1S/C48H77NO8/c1-6-8-10-12-14-16-18-20-22-23-25-26-28-30-32-34-36-38-45(50)55-42-44(43-56-48(47(52)53)54-41-40-49(3,4)5)57-46(51)39-37-35-33-31-29-27-24-21-19-17-15-13-11-9-7-2/h8-11,14-17,20-22,24,29,31,35,37,44,48H,6-7,12-13,18-19,23,25-28,30,32-34,36,38-43H2,1-5H3/p+1/b10-8-,11-9-,16-14-,17-15-,22-20-,24-21-,31-29-,37-35-. The van der Waals surface area contributed by atoms with E-state index in [1.807, 2.05) is 33.3 Å². The molecule has 0 saturated heterocycles. The van der Waals surface area contributed by atoms with Crippen molar-refractivity contribution >= 4 is 17.9 Å². The first-order valence-electron chi connectivity index (χ1n) is 21.4. The fourth-order valence-electron chi connectivity index (χ4n) is 5.10. The Kier molecular flexibility index (Phi) is 36.5. The summed E-state index contributed by atoms with van der Waals surface area (Å²) in [6.07, 6.45) is 47.8. The Labute approximate surface area is 346 Å². The predicted molar refractivity (Wildman–Crippen MR) is 235 cm³/mol. The van der Waals surface area contributed by atoms with Crippen molar-refractivity contribution in [1.29, 1.82) is 0 Å². The maximum absolute atomic E-state index is 12.7. The van der Waals surface area contributed by atoms with Gasteiger partial charge in [0.15, 0.2) is 6.10 Å². The minimum absolute atomic E-state index is 0.0199. The number of carboxylic acid groups (broad SMARTS) is 1. The molecule has 0 heterocycles. The molecule has 0 aliphatic rings. The van der Waals surface area contributed by atoms with E-state index in [1.54, 1.807) is 6.08 Å². The monoisotopic (exact) mass is 797 g/mol. The van der Waals surface area contributed by atoms with Crippen LogP contribution in [-0.4, -0.2) is 87.4 Å². The van der Waals surface area contributed by atoms with Gasteiger partial charge in [0.2, 0.25) is 0 Å². The van der Waals surface area contributed by atoms with E-state index in [0.29, 0.717) is 17.4 Å². The summed E-state index contributed by atoms with van der Waals surface area (Å²) in [6.45, 7) is 4.48. The number of ether oxygens (including phenoxy) is 4. The minimum Gasteiger partial charge on any atom is -0.477 e. The van der Waals surface area contributed by atoms with Crippen molar-refractivity contribution in [3.8, 4) is 0 Å². The molecule has 0 spiro atoms. The molecule has 0 bridgehead atoms. The highest BCUT2D eigenvalue weighted by molar-refractivity contribution is 5.72. The van der Waals surface area contributed by atoms with E-state index in [9.17, 15) is 19.5 Å². The van der Waals surface area contributed by atoms with Crippen LogP contribution >= 0.6 is 0 Å². The molecule has 2 atom stereocenters. The second-order valence-corrected chi connectivity index (χ2v) is 14.9. The number of rotatable bonds is 37. The van der Waals surface area contributed by atoms with Crippen molar-refractivity contribution in [2.45, 2.75) is 142 Å². The van der Waals surface area contributed by atoms with E-state index in [-0.39, 0.29) is 38.6 Å². The van der Waals surface area contributed by atoms with E-state index in [4.69, 9.17) is 18.9 Å². The van der Waals surface area contributed by atoms with Crippen LogP contribution in [0, 0.1) is 0 Å². The molecule has 0 amide bonds. The first-order valence-corrected chi connectivity index (χ1v) is 21.4. The number of carbonyl (C=O) groups is 3. The summed E-state index contributed by atoms with van der Waals surface area (Å²) in [6, 6.07) is 0. The number of carboxylic acids is 1. The zero-order valence-corrected chi connectivity index (χ0v) is 36.2. The summed E-state index contributed by atoms with van der Waals surface area (Å²) in [5.41, 5.74) is 0. The molecule has 1 N–H and O–H groups in total. The topological polar surface area (TPSA) is 108 Å². The van der Waals surface area contributed by atoms with Crippen LogP contribution in [0.4, 0.5) is 0 Å². The molecule has 57 heavy (non-hydrogen) atoms. The summed E-state index contributed by atoms with van der Waals surface area (Å²) in [5.74, 6) is -2.20. The van der Waals surface area contributed by atoms with Crippen molar-refractivity contribution in [3.63, 3.8) is 0 Å². The Balaban J connectivity index is 4.62. The molecule has 0 fully saturated rings. The van der Waals surface area contributed by atoms with Gasteiger partial charge in [0.1, 0.15) is 13.2 Å². The second-order valence-electron chi connectivity index (χ2n) is 14.9. The Morgan fingerprint density at radius 2 is 1.00 bits per heavy atom. The lowest BCUT2D eigenvalue weighted by Gasteiger charge is -2.25. The summed E-state index contributed by atoms with van der Waals surface area (Å²) < 4.78 is 22.5. The van der Waals surface area contributed by atoms with Crippen molar-refractivity contribution in [1.82, 2.24) is 0 Å². The number of hydrogen-bond donors (Lipinski definition) is 1. The molecule has 0 aliphatic carbocycles. The van der Waals surface area contributed by atoms with Gasteiger partial charge < -0.3 is 28.5 Å². The molecule has 0 rings (SSSR count). The van der Waals surface area contributed by atoms with E-state index >= 15 is 0 Å². The Hall–Kier alpha value is -3.79. The number of hydrogen-bond acceptors (Lipinski definition) is 7. The highest BCUT2D eigenvalue weighted by Crippen LogP contribution is 2.12. The quantitative estimate of drug-likeness (QED) is 0.0218. The van der Waals surface area contributed by atoms with Gasteiger partial charge in [-0.2, -0.15) is 0 Å². The Bertz CT molecular complexity index is 1250. The van der Waals surface area contributed by atoms with Crippen LogP contribution in [0.2, 0.25) is 0 Å². The van der Waals surface area contributed by atoms with Gasteiger partial charge in [-0.25, -0.2) is 4.79 Å². The van der Waals surface area contributed by atoms with E-state index in [1.165, 1.54) is 19.3 Å². The molecule has 0 saturated carbocycles. The van der Waals surface area contributed by atoms with E-state index in [0.717, 1.165) is 77.0 Å². The molecule has 0 aromatic heterocycles. The number of carbonyl (C=O) groups excluding carboxylic acids is 2. The fourth-order valence-corrected chi connectivity index (χ4v) is 5.10. The molecule has 0 aromatic carbocycles. The van der Waals surface area contributed by atoms with Gasteiger partial charge in [0, 0.05) is 6.42 Å². The van der Waals surface area contributed by atoms with Gasteiger partial charge in [-0.15, -0.1) is 0 Å². The average molecular weight is 797 g/mol. The number of esters is 2. The Morgan fingerprint density at radius 1 is 0.544 bits per heavy atom. The zero-order valence-electron chi connectivity index (χ0n) is 36.2.